The summed E-state index contributed by atoms with van der Waals surface area (Å²) in [6.07, 6.45) is -1.38. The summed E-state index contributed by atoms with van der Waals surface area (Å²) < 4.78 is 79.3. The molecular formula is C18H23F5O5. The maximum atomic E-state index is 13.5. The molecule has 1 N–H and O–H groups in total. The fourth-order valence-corrected chi connectivity index (χ4v) is 5.73. The molecule has 3 saturated carbocycles. The Kier molecular flexibility index (Phi) is 4.90. The van der Waals surface area contributed by atoms with Crippen molar-refractivity contribution in [3.63, 3.8) is 0 Å². The van der Waals surface area contributed by atoms with E-state index in [2.05, 4.69) is 9.47 Å². The highest BCUT2D eigenvalue weighted by atomic mass is 19.4. The normalized spacial score (nSPS) is 44.9. The average molecular weight is 414 g/mol. The number of hydrogen-bond donors (Lipinski definition) is 1. The van der Waals surface area contributed by atoms with Gasteiger partial charge in [-0.2, -0.15) is 22.0 Å². The van der Waals surface area contributed by atoms with Gasteiger partial charge in [-0.3, -0.25) is 4.79 Å². The zero-order valence-electron chi connectivity index (χ0n) is 15.1. The first-order valence-electron chi connectivity index (χ1n) is 9.66. The Labute approximate surface area is 158 Å². The van der Waals surface area contributed by atoms with Gasteiger partial charge in [0.2, 0.25) is 0 Å². The van der Waals surface area contributed by atoms with Crippen molar-refractivity contribution in [3.8, 4) is 0 Å². The van der Waals surface area contributed by atoms with Gasteiger partial charge in [-0.05, 0) is 49.4 Å². The smallest absolute Gasteiger partial charge is 0.449 e. The number of carbonyl (C=O) groups excluding carboxylic acids is 1. The van der Waals surface area contributed by atoms with Crippen molar-refractivity contribution in [2.75, 3.05) is 13.2 Å². The van der Waals surface area contributed by atoms with E-state index >= 15 is 0 Å². The van der Waals surface area contributed by atoms with Crippen LogP contribution in [0.1, 0.15) is 38.5 Å². The molecule has 28 heavy (non-hydrogen) atoms. The summed E-state index contributed by atoms with van der Waals surface area (Å²) >= 11 is 0. The second kappa shape index (κ2) is 6.77. The minimum atomic E-state index is -5.73. The van der Waals surface area contributed by atoms with Crippen LogP contribution in [0.4, 0.5) is 22.0 Å². The third kappa shape index (κ3) is 3.11. The number of hydrogen-bond acceptors (Lipinski definition) is 5. The Balaban J connectivity index is 1.35. The molecule has 7 atom stereocenters. The fraction of sp³-hybridized carbons (Fsp3) is 0.944. The molecule has 0 spiro atoms. The molecule has 7 unspecified atom stereocenters. The van der Waals surface area contributed by atoms with Crippen LogP contribution in [0.5, 0.6) is 0 Å². The van der Waals surface area contributed by atoms with E-state index in [0.29, 0.717) is 24.2 Å². The molecule has 160 valence electrons. The predicted molar refractivity (Wildman–Crippen MR) is 82.9 cm³/mol. The lowest BCUT2D eigenvalue weighted by Crippen LogP contribution is -2.67. The van der Waals surface area contributed by atoms with Crippen molar-refractivity contribution < 1.29 is 46.1 Å². The van der Waals surface area contributed by atoms with Crippen molar-refractivity contribution in [1.82, 2.24) is 0 Å². The maximum absolute atomic E-state index is 13.5. The molecule has 4 aliphatic rings. The molecule has 0 aromatic carbocycles. The SMILES string of the molecule is O=C(OCC1OCC(F)(F)C(O)(C(F)(F)F)O1)C1CC2CC1C1CCCCC21. The van der Waals surface area contributed by atoms with Crippen LogP contribution in [0.15, 0.2) is 0 Å². The third-order valence-corrected chi connectivity index (χ3v) is 6.98. The molecule has 5 nitrogen and oxygen atoms in total. The van der Waals surface area contributed by atoms with Gasteiger partial charge in [-0.1, -0.05) is 12.8 Å². The second-order valence-corrected chi connectivity index (χ2v) is 8.45. The highest BCUT2D eigenvalue weighted by molar-refractivity contribution is 5.73. The first kappa shape index (κ1) is 20.3. The first-order valence-corrected chi connectivity index (χ1v) is 9.66. The molecule has 0 radical (unpaired) electrons. The van der Waals surface area contributed by atoms with Gasteiger partial charge in [0, 0.05) is 0 Å². The standard InChI is InChI=1S/C18H23F5O5/c19-16(20)8-27-14(28-17(16,25)18(21,22)23)7-26-15(24)13-6-9-5-12(13)11-4-2-1-3-10(9)11/h9-14,25H,1-8H2. The Hall–Kier alpha value is -1.00. The molecule has 1 aliphatic heterocycles. The summed E-state index contributed by atoms with van der Waals surface area (Å²) in [5, 5.41) is 9.38. The van der Waals surface area contributed by atoms with Crippen LogP contribution >= 0.6 is 0 Å². The summed E-state index contributed by atoms with van der Waals surface area (Å²) in [5.41, 5.74) is 0. The average Bonchev–Trinajstić information content (AvgIpc) is 3.21. The molecule has 3 aliphatic carbocycles. The molecule has 4 fully saturated rings. The largest absolute Gasteiger partial charge is 0.460 e. The lowest BCUT2D eigenvalue weighted by atomic mass is 9.67. The molecule has 0 amide bonds. The molecule has 0 aromatic heterocycles. The predicted octanol–water partition coefficient (Wildman–Crippen LogP) is 3.25. The summed E-state index contributed by atoms with van der Waals surface area (Å²) in [6, 6.07) is 0. The highest BCUT2D eigenvalue weighted by Crippen LogP contribution is 2.60. The van der Waals surface area contributed by atoms with E-state index in [1.807, 2.05) is 0 Å². The molecule has 10 heteroatoms. The van der Waals surface area contributed by atoms with Crippen molar-refractivity contribution >= 4 is 5.97 Å². The zero-order chi connectivity index (χ0) is 20.3. The topological polar surface area (TPSA) is 65.0 Å². The number of alkyl halides is 5. The van der Waals surface area contributed by atoms with E-state index in [1.165, 1.54) is 12.8 Å². The van der Waals surface area contributed by atoms with E-state index in [1.54, 1.807) is 0 Å². The third-order valence-electron chi connectivity index (χ3n) is 6.98. The number of halogens is 5. The molecule has 4 rings (SSSR count). The van der Waals surface area contributed by atoms with E-state index in [9.17, 15) is 31.9 Å². The summed E-state index contributed by atoms with van der Waals surface area (Å²) in [7, 11) is 0. The first-order chi connectivity index (χ1) is 13.0. The van der Waals surface area contributed by atoms with E-state index in [4.69, 9.17) is 4.74 Å². The number of esters is 1. The van der Waals surface area contributed by atoms with Crippen molar-refractivity contribution in [2.45, 2.75) is 62.7 Å². The quantitative estimate of drug-likeness (QED) is 0.568. The minimum Gasteiger partial charge on any atom is -0.460 e. The van der Waals surface area contributed by atoms with E-state index in [-0.39, 0.29) is 11.8 Å². The van der Waals surface area contributed by atoms with Crippen molar-refractivity contribution in [2.24, 2.45) is 29.6 Å². The summed E-state index contributed by atoms with van der Waals surface area (Å²) in [6.45, 7) is -2.47. The van der Waals surface area contributed by atoms with Gasteiger partial charge in [0.25, 0.3) is 0 Å². The molecular weight excluding hydrogens is 391 g/mol. The van der Waals surface area contributed by atoms with Gasteiger partial charge in [-0.15, -0.1) is 0 Å². The lowest BCUT2D eigenvalue weighted by Gasteiger charge is -2.42. The van der Waals surface area contributed by atoms with Gasteiger partial charge in [0.15, 0.2) is 6.29 Å². The Morgan fingerprint density at radius 1 is 1.11 bits per heavy atom. The van der Waals surface area contributed by atoms with Gasteiger partial charge in [-0.25, -0.2) is 0 Å². The number of fused-ring (bicyclic) bond motifs is 5. The maximum Gasteiger partial charge on any atom is 0.449 e. The van der Waals surface area contributed by atoms with Gasteiger partial charge < -0.3 is 19.3 Å². The molecule has 1 heterocycles. The van der Waals surface area contributed by atoms with Crippen LogP contribution in [0.3, 0.4) is 0 Å². The van der Waals surface area contributed by atoms with Crippen LogP contribution in [0.2, 0.25) is 0 Å². The monoisotopic (exact) mass is 414 g/mol. The Morgan fingerprint density at radius 2 is 1.79 bits per heavy atom. The zero-order valence-corrected chi connectivity index (χ0v) is 15.1. The van der Waals surface area contributed by atoms with Crippen LogP contribution < -0.4 is 0 Å². The van der Waals surface area contributed by atoms with Crippen LogP contribution in [-0.2, 0) is 19.0 Å². The van der Waals surface area contributed by atoms with E-state index < -0.39 is 43.4 Å². The number of ether oxygens (including phenoxy) is 3. The van der Waals surface area contributed by atoms with Crippen LogP contribution in [-0.4, -0.2) is 48.5 Å². The Morgan fingerprint density at radius 3 is 2.46 bits per heavy atom. The van der Waals surface area contributed by atoms with Gasteiger partial charge >= 0.3 is 23.9 Å². The minimum absolute atomic E-state index is 0.215. The summed E-state index contributed by atoms with van der Waals surface area (Å²) in [5.74, 6) is -8.41. The second-order valence-electron chi connectivity index (χ2n) is 8.45. The fourth-order valence-electron chi connectivity index (χ4n) is 5.73. The van der Waals surface area contributed by atoms with Gasteiger partial charge in [0.1, 0.15) is 13.2 Å². The lowest BCUT2D eigenvalue weighted by molar-refractivity contribution is -0.490. The van der Waals surface area contributed by atoms with Crippen LogP contribution in [0.25, 0.3) is 0 Å². The number of carbonyl (C=O) groups is 1. The number of aliphatic hydroxyl groups is 1. The Bertz CT molecular complexity index is 626. The van der Waals surface area contributed by atoms with E-state index in [0.717, 1.165) is 19.3 Å². The van der Waals surface area contributed by atoms with Crippen molar-refractivity contribution in [1.29, 1.82) is 0 Å². The summed E-state index contributed by atoms with van der Waals surface area (Å²) in [4.78, 5) is 12.5. The van der Waals surface area contributed by atoms with Crippen molar-refractivity contribution in [3.05, 3.63) is 0 Å². The molecule has 2 bridgehead atoms. The van der Waals surface area contributed by atoms with Crippen LogP contribution in [0, 0.1) is 29.6 Å². The highest BCUT2D eigenvalue weighted by Gasteiger charge is 2.73. The molecule has 0 aromatic rings. The van der Waals surface area contributed by atoms with Gasteiger partial charge in [0.05, 0.1) is 5.92 Å². The number of rotatable bonds is 3. The molecule has 1 saturated heterocycles.